The number of halogens is 3. The molecule has 1 aromatic heterocycles. The first kappa shape index (κ1) is 19.0. The van der Waals surface area contributed by atoms with Gasteiger partial charge in [-0.05, 0) is 17.7 Å². The molecule has 0 bridgehead atoms. The van der Waals surface area contributed by atoms with Crippen molar-refractivity contribution < 1.29 is 36.7 Å². The fourth-order valence-electron chi connectivity index (χ4n) is 2.00. The molecule has 4 N–H and O–H groups in total. The molecule has 7 nitrogen and oxygen atoms in total. The van der Waals surface area contributed by atoms with Crippen LogP contribution in [0.1, 0.15) is 32.0 Å². The van der Waals surface area contributed by atoms with Crippen LogP contribution < -0.4 is 11.5 Å². The van der Waals surface area contributed by atoms with Crippen molar-refractivity contribution in [2.45, 2.75) is 18.7 Å². The first-order valence-electron chi connectivity index (χ1n) is 7.12. The van der Waals surface area contributed by atoms with Gasteiger partial charge in [0.15, 0.2) is 6.10 Å². The molecule has 2 amide bonds. The zero-order valence-corrected chi connectivity index (χ0v) is 13.1. The van der Waals surface area contributed by atoms with Crippen LogP contribution in [0.15, 0.2) is 41.0 Å². The number of furan rings is 1. The van der Waals surface area contributed by atoms with Gasteiger partial charge in [-0.3, -0.25) is 9.59 Å². The van der Waals surface area contributed by atoms with Gasteiger partial charge in [-0.2, -0.15) is 13.2 Å². The molecule has 0 fully saturated rings. The Bertz CT molecular complexity index is 827. The standard InChI is InChI=1S/C16H13F3N2O5/c17-16(18,19)10-3-1-8(2-4-10)5-11(14(21)23)26-15(24)12-6-9(7-25-12)13(20)22/h1-4,6-7,11H,5H2,(H2,20,22)(H2,21,23). The molecule has 0 aliphatic carbocycles. The molecule has 0 aliphatic rings. The Morgan fingerprint density at radius 1 is 1.12 bits per heavy atom. The molecule has 0 saturated heterocycles. The van der Waals surface area contributed by atoms with E-state index in [-0.39, 0.29) is 17.7 Å². The van der Waals surface area contributed by atoms with Crippen molar-refractivity contribution in [2.24, 2.45) is 11.5 Å². The maximum atomic E-state index is 12.5. The van der Waals surface area contributed by atoms with E-state index in [2.05, 4.69) is 0 Å². The van der Waals surface area contributed by atoms with Crippen molar-refractivity contribution in [3.63, 3.8) is 0 Å². The number of ether oxygens (including phenoxy) is 1. The van der Waals surface area contributed by atoms with E-state index in [0.29, 0.717) is 5.56 Å². The molecule has 2 rings (SSSR count). The minimum atomic E-state index is -4.49. The summed E-state index contributed by atoms with van der Waals surface area (Å²) < 4.78 is 47.4. The highest BCUT2D eigenvalue weighted by atomic mass is 19.4. The molecule has 26 heavy (non-hydrogen) atoms. The Morgan fingerprint density at radius 3 is 2.19 bits per heavy atom. The Hall–Kier alpha value is -3.30. The number of esters is 1. The number of hydrogen-bond donors (Lipinski definition) is 2. The van der Waals surface area contributed by atoms with Gasteiger partial charge in [-0.25, -0.2) is 4.79 Å². The normalized spacial score (nSPS) is 12.4. The summed E-state index contributed by atoms with van der Waals surface area (Å²) in [5.74, 6) is -3.28. The molecular formula is C16H13F3N2O5. The topological polar surface area (TPSA) is 126 Å². The van der Waals surface area contributed by atoms with Gasteiger partial charge >= 0.3 is 12.1 Å². The molecule has 2 aromatic rings. The van der Waals surface area contributed by atoms with Crippen LogP contribution >= 0.6 is 0 Å². The number of benzene rings is 1. The molecule has 1 aromatic carbocycles. The maximum absolute atomic E-state index is 12.5. The molecule has 10 heteroatoms. The Labute approximate surface area is 144 Å². The zero-order chi connectivity index (χ0) is 19.5. The van der Waals surface area contributed by atoms with Crippen LogP contribution in [0.25, 0.3) is 0 Å². The molecule has 1 atom stereocenters. The molecular weight excluding hydrogens is 357 g/mol. The van der Waals surface area contributed by atoms with Gasteiger partial charge in [0.25, 0.3) is 11.8 Å². The molecule has 1 heterocycles. The smallest absolute Gasteiger partial charge is 0.416 e. The second kappa shape index (κ2) is 7.30. The first-order chi connectivity index (χ1) is 12.1. The van der Waals surface area contributed by atoms with Crippen molar-refractivity contribution in [3.05, 3.63) is 59.0 Å². The molecule has 138 valence electrons. The van der Waals surface area contributed by atoms with Gasteiger partial charge in [0, 0.05) is 12.5 Å². The molecule has 0 radical (unpaired) electrons. The lowest BCUT2D eigenvalue weighted by Crippen LogP contribution is -2.35. The summed E-state index contributed by atoms with van der Waals surface area (Å²) in [4.78, 5) is 34.4. The minimum absolute atomic E-state index is 0.0738. The lowest BCUT2D eigenvalue weighted by atomic mass is 10.1. The summed E-state index contributed by atoms with van der Waals surface area (Å²) in [6, 6.07) is 4.98. The fraction of sp³-hybridized carbons (Fsp3) is 0.188. The highest BCUT2D eigenvalue weighted by Gasteiger charge is 2.30. The van der Waals surface area contributed by atoms with Crippen LogP contribution in [-0.4, -0.2) is 23.9 Å². The summed E-state index contributed by atoms with van der Waals surface area (Å²) in [6.45, 7) is 0. The van der Waals surface area contributed by atoms with Gasteiger partial charge in [0.2, 0.25) is 5.76 Å². The average molecular weight is 370 g/mol. The van der Waals surface area contributed by atoms with Gasteiger partial charge in [0.05, 0.1) is 11.1 Å². The number of amides is 2. The number of nitrogens with two attached hydrogens (primary N) is 2. The van der Waals surface area contributed by atoms with E-state index >= 15 is 0 Å². The number of carbonyl (C=O) groups excluding carboxylic acids is 3. The lowest BCUT2D eigenvalue weighted by molar-refractivity contribution is -0.137. The summed E-state index contributed by atoms with van der Waals surface area (Å²) in [7, 11) is 0. The second-order valence-corrected chi connectivity index (χ2v) is 5.26. The predicted octanol–water partition coefficient (Wildman–Crippen LogP) is 1.65. The molecule has 0 spiro atoms. The zero-order valence-electron chi connectivity index (χ0n) is 13.1. The van der Waals surface area contributed by atoms with Gasteiger partial charge in [-0.1, -0.05) is 12.1 Å². The summed E-state index contributed by atoms with van der Waals surface area (Å²) in [5.41, 5.74) is 9.55. The Kier molecular flexibility index (Phi) is 5.34. The van der Waals surface area contributed by atoms with Crippen molar-refractivity contribution in [1.29, 1.82) is 0 Å². The van der Waals surface area contributed by atoms with E-state index < -0.39 is 35.6 Å². The average Bonchev–Trinajstić information content (AvgIpc) is 3.04. The Morgan fingerprint density at radius 2 is 1.73 bits per heavy atom. The van der Waals surface area contributed by atoms with Gasteiger partial charge in [-0.15, -0.1) is 0 Å². The largest absolute Gasteiger partial charge is 0.456 e. The summed E-state index contributed by atoms with van der Waals surface area (Å²) in [5, 5.41) is 0. The molecule has 0 saturated carbocycles. The van der Waals surface area contributed by atoms with E-state index in [9.17, 15) is 27.6 Å². The van der Waals surface area contributed by atoms with Crippen LogP contribution in [0.5, 0.6) is 0 Å². The summed E-state index contributed by atoms with van der Waals surface area (Å²) in [6.07, 6.45) is -5.23. The molecule has 1 unspecified atom stereocenters. The summed E-state index contributed by atoms with van der Waals surface area (Å²) >= 11 is 0. The number of primary amides is 2. The highest BCUT2D eigenvalue weighted by molar-refractivity contribution is 5.96. The number of rotatable bonds is 6. The highest BCUT2D eigenvalue weighted by Crippen LogP contribution is 2.29. The fourth-order valence-corrected chi connectivity index (χ4v) is 2.00. The van der Waals surface area contributed by atoms with Crippen molar-refractivity contribution in [3.8, 4) is 0 Å². The van der Waals surface area contributed by atoms with E-state index in [0.717, 1.165) is 36.6 Å². The van der Waals surface area contributed by atoms with E-state index in [1.54, 1.807) is 0 Å². The van der Waals surface area contributed by atoms with E-state index in [1.165, 1.54) is 0 Å². The van der Waals surface area contributed by atoms with Crippen molar-refractivity contribution in [2.75, 3.05) is 0 Å². The van der Waals surface area contributed by atoms with Crippen molar-refractivity contribution in [1.82, 2.24) is 0 Å². The van der Waals surface area contributed by atoms with Crippen LogP contribution in [0.2, 0.25) is 0 Å². The van der Waals surface area contributed by atoms with Crippen molar-refractivity contribution >= 4 is 17.8 Å². The third-order valence-electron chi connectivity index (χ3n) is 3.35. The lowest BCUT2D eigenvalue weighted by Gasteiger charge is -2.14. The minimum Gasteiger partial charge on any atom is -0.456 e. The monoisotopic (exact) mass is 370 g/mol. The Balaban J connectivity index is 2.10. The van der Waals surface area contributed by atoms with Gasteiger partial charge in [0.1, 0.15) is 6.26 Å². The number of alkyl halides is 3. The van der Waals surface area contributed by atoms with Gasteiger partial charge < -0.3 is 20.6 Å². The van der Waals surface area contributed by atoms with Crippen LogP contribution in [0.4, 0.5) is 13.2 Å². The van der Waals surface area contributed by atoms with E-state index in [1.807, 2.05) is 0 Å². The second-order valence-electron chi connectivity index (χ2n) is 5.26. The third kappa shape index (κ3) is 4.62. The SMILES string of the molecule is NC(=O)c1coc(C(=O)OC(Cc2ccc(C(F)(F)F)cc2)C(N)=O)c1. The van der Waals surface area contributed by atoms with Crippen LogP contribution in [0.3, 0.4) is 0 Å². The quantitative estimate of drug-likeness (QED) is 0.748. The van der Waals surface area contributed by atoms with E-state index in [4.69, 9.17) is 20.6 Å². The maximum Gasteiger partial charge on any atom is 0.416 e. The van der Waals surface area contributed by atoms with Crippen LogP contribution in [0, 0.1) is 0 Å². The molecule has 0 aliphatic heterocycles. The number of hydrogen-bond acceptors (Lipinski definition) is 5. The first-order valence-corrected chi connectivity index (χ1v) is 7.12. The number of carbonyl (C=O) groups is 3. The predicted molar refractivity (Wildman–Crippen MR) is 80.8 cm³/mol. The van der Waals surface area contributed by atoms with Crippen LogP contribution in [-0.2, 0) is 22.1 Å². The third-order valence-corrected chi connectivity index (χ3v) is 3.35.